The zero-order valence-corrected chi connectivity index (χ0v) is 17.5. The normalized spacial score (nSPS) is 10.8. The summed E-state index contributed by atoms with van der Waals surface area (Å²) in [5.74, 6) is -2.41. The molecule has 0 atom stereocenters. The van der Waals surface area contributed by atoms with Gasteiger partial charge in [-0.15, -0.1) is 0 Å². The van der Waals surface area contributed by atoms with Gasteiger partial charge in [-0.1, -0.05) is 23.2 Å². The summed E-state index contributed by atoms with van der Waals surface area (Å²) in [6.07, 6.45) is 2.45. The first-order chi connectivity index (χ1) is 12.3. The van der Waals surface area contributed by atoms with Crippen molar-refractivity contribution < 1.29 is 48.6 Å². The molecule has 1 heterocycles. The zero-order valence-electron chi connectivity index (χ0n) is 14.0. The van der Waals surface area contributed by atoms with Crippen LogP contribution in [0, 0.1) is 5.82 Å². The Morgan fingerprint density at radius 2 is 1.81 bits per heavy atom. The van der Waals surface area contributed by atoms with Crippen molar-refractivity contribution in [1.82, 2.24) is 4.98 Å². The fourth-order valence-corrected chi connectivity index (χ4v) is 3.07. The molecule has 2 N–H and O–H groups in total. The molecule has 0 bridgehead atoms. The quantitative estimate of drug-likeness (QED) is 0.485. The predicted molar refractivity (Wildman–Crippen MR) is 96.7 cm³/mol. The number of hydrogen-bond donors (Lipinski definition) is 2. The summed E-state index contributed by atoms with van der Waals surface area (Å²) in [7, 11) is 0. The van der Waals surface area contributed by atoms with E-state index in [-0.39, 0.29) is 45.8 Å². The Balaban J connectivity index is 0.00000261. The van der Waals surface area contributed by atoms with E-state index < -0.39 is 17.7 Å². The maximum atomic E-state index is 12.9. The number of anilines is 1. The molecule has 1 aromatic heterocycles. The molecular weight excluding hydrogens is 405 g/mol. The minimum Gasteiger partial charge on any atom is -0.543 e. The molecule has 0 fully saturated rings. The average Bonchev–Trinajstić information content (AvgIpc) is 2.94. The number of rotatable bonds is 4. The van der Waals surface area contributed by atoms with Gasteiger partial charge in [0.25, 0.3) is 0 Å². The number of halogens is 3. The number of amides is 1. The molecule has 0 aliphatic rings. The fraction of sp³-hybridized carbons (Fsp3) is 0. The molecular formula is C18H10Cl2FN2NaO3. The van der Waals surface area contributed by atoms with Gasteiger partial charge in [-0.25, -0.2) is 4.39 Å². The van der Waals surface area contributed by atoms with E-state index in [1.807, 2.05) is 0 Å². The molecule has 0 unspecified atom stereocenters. The maximum Gasteiger partial charge on any atom is 1.00 e. The number of carbonyl (C=O) groups excluding carboxylic acids is 2. The van der Waals surface area contributed by atoms with Crippen molar-refractivity contribution in [1.29, 1.82) is 0 Å². The third-order valence-electron chi connectivity index (χ3n) is 3.57. The molecule has 0 saturated heterocycles. The smallest absolute Gasteiger partial charge is 0.543 e. The molecule has 0 aliphatic carbocycles. The third-order valence-corrected chi connectivity index (χ3v) is 4.09. The summed E-state index contributed by atoms with van der Waals surface area (Å²) < 4.78 is 12.9. The van der Waals surface area contributed by atoms with Crippen LogP contribution in [0.15, 0.2) is 42.5 Å². The largest absolute Gasteiger partial charge is 1.00 e. The molecule has 2 aromatic carbocycles. The number of nitrogens with one attached hydrogen (secondary N) is 2. The van der Waals surface area contributed by atoms with Crippen LogP contribution in [0.1, 0.15) is 16.1 Å². The fourth-order valence-electron chi connectivity index (χ4n) is 2.48. The predicted octanol–water partition coefficient (Wildman–Crippen LogP) is 0.633. The molecule has 0 saturated carbocycles. The van der Waals surface area contributed by atoms with Crippen LogP contribution in [-0.4, -0.2) is 16.9 Å². The summed E-state index contributed by atoms with van der Waals surface area (Å²) in [5.41, 5.74) is 0.760. The van der Waals surface area contributed by atoms with Gasteiger partial charge in [0.2, 0.25) is 5.91 Å². The van der Waals surface area contributed by atoms with E-state index in [1.54, 1.807) is 0 Å². The second kappa shape index (κ2) is 8.91. The number of benzene rings is 2. The van der Waals surface area contributed by atoms with Gasteiger partial charge in [0, 0.05) is 33.3 Å². The molecule has 132 valence electrons. The molecule has 0 radical (unpaired) electrons. The topological polar surface area (TPSA) is 85.0 Å². The number of carboxylic acids is 1. The molecule has 0 spiro atoms. The van der Waals surface area contributed by atoms with Crippen LogP contribution in [-0.2, 0) is 4.79 Å². The van der Waals surface area contributed by atoms with Gasteiger partial charge in [0.05, 0.1) is 16.7 Å². The van der Waals surface area contributed by atoms with Crippen molar-refractivity contribution in [3.63, 3.8) is 0 Å². The van der Waals surface area contributed by atoms with Crippen molar-refractivity contribution in [2.24, 2.45) is 0 Å². The van der Waals surface area contributed by atoms with Crippen molar-refractivity contribution >= 4 is 57.7 Å². The average molecular weight is 415 g/mol. The second-order valence-corrected chi connectivity index (χ2v) is 6.18. The van der Waals surface area contributed by atoms with Gasteiger partial charge >= 0.3 is 29.6 Å². The molecule has 27 heavy (non-hydrogen) atoms. The molecule has 1 amide bonds. The van der Waals surface area contributed by atoms with E-state index >= 15 is 0 Å². The third kappa shape index (κ3) is 4.91. The monoisotopic (exact) mass is 414 g/mol. The Labute approximate surface area is 185 Å². The first kappa shape index (κ1) is 21.5. The minimum atomic E-state index is -1.45. The van der Waals surface area contributed by atoms with Crippen LogP contribution in [0.2, 0.25) is 10.0 Å². The molecule has 5 nitrogen and oxygen atoms in total. The van der Waals surface area contributed by atoms with Crippen LogP contribution in [0.5, 0.6) is 0 Å². The van der Waals surface area contributed by atoms with Crippen LogP contribution >= 0.6 is 23.2 Å². The number of hydrogen-bond acceptors (Lipinski definition) is 3. The Kier molecular flexibility index (Phi) is 7.08. The van der Waals surface area contributed by atoms with Crippen LogP contribution in [0.3, 0.4) is 0 Å². The van der Waals surface area contributed by atoms with Crippen LogP contribution < -0.4 is 40.0 Å². The number of aromatic nitrogens is 1. The number of aromatic amines is 1. The summed E-state index contributed by atoms with van der Waals surface area (Å²) >= 11 is 12.1. The molecule has 0 aliphatic heterocycles. The van der Waals surface area contributed by atoms with Crippen molar-refractivity contribution in [2.45, 2.75) is 0 Å². The molecule has 9 heteroatoms. The Morgan fingerprint density at radius 1 is 1.15 bits per heavy atom. The summed E-state index contributed by atoms with van der Waals surface area (Å²) in [6, 6.07) is 8.20. The van der Waals surface area contributed by atoms with Crippen molar-refractivity contribution in [2.75, 3.05) is 5.32 Å². The number of aromatic carboxylic acids is 1. The van der Waals surface area contributed by atoms with E-state index in [2.05, 4.69) is 10.3 Å². The van der Waals surface area contributed by atoms with E-state index in [0.29, 0.717) is 21.6 Å². The van der Waals surface area contributed by atoms with E-state index in [9.17, 15) is 19.1 Å². The van der Waals surface area contributed by atoms with Crippen molar-refractivity contribution in [3.05, 3.63) is 69.6 Å². The maximum absolute atomic E-state index is 12.9. The Morgan fingerprint density at radius 3 is 2.44 bits per heavy atom. The van der Waals surface area contributed by atoms with Gasteiger partial charge in [-0.05, 0) is 42.5 Å². The Hall–Kier alpha value is -1.83. The second-order valence-electron chi connectivity index (χ2n) is 5.34. The number of fused-ring (bicyclic) bond motifs is 1. The number of carbonyl (C=O) groups is 2. The standard InChI is InChI=1S/C18H11Cl2FN2O3.Na/c19-9-7-13(20)16-12(17(18(25)26)23-14(16)8-9)5-6-15(24)22-11-3-1-10(21)2-4-11;/h1-8,23H,(H,22,24)(H,25,26);/q;+1/p-1/b6-5+;. The Bertz CT molecular complexity index is 1050. The van der Waals surface area contributed by atoms with E-state index in [0.717, 1.165) is 6.08 Å². The van der Waals surface area contributed by atoms with Crippen molar-refractivity contribution in [3.8, 4) is 0 Å². The van der Waals surface area contributed by atoms with Gasteiger partial charge in [-0.2, -0.15) is 0 Å². The first-order valence-corrected chi connectivity index (χ1v) is 8.07. The van der Waals surface area contributed by atoms with Crippen LogP contribution in [0.25, 0.3) is 17.0 Å². The number of H-pyrrole nitrogens is 1. The van der Waals surface area contributed by atoms with Gasteiger partial charge in [-0.3, -0.25) is 4.79 Å². The SMILES string of the molecule is O=C(/C=C/c1c(C(=O)[O-])[nH]c2cc(Cl)cc(Cl)c12)Nc1ccc(F)cc1.[Na+]. The number of carboxylic acid groups (broad SMARTS) is 1. The van der Waals surface area contributed by atoms with Gasteiger partial charge < -0.3 is 20.2 Å². The minimum absolute atomic E-state index is 0. The zero-order chi connectivity index (χ0) is 18.8. The molecule has 3 rings (SSSR count). The van der Waals surface area contributed by atoms with E-state index in [1.165, 1.54) is 42.5 Å². The van der Waals surface area contributed by atoms with Gasteiger partial charge in [0.1, 0.15) is 5.82 Å². The van der Waals surface area contributed by atoms with E-state index in [4.69, 9.17) is 23.2 Å². The first-order valence-electron chi connectivity index (χ1n) is 7.32. The summed E-state index contributed by atoms with van der Waals surface area (Å²) in [6.45, 7) is 0. The molecule has 3 aromatic rings. The summed E-state index contributed by atoms with van der Waals surface area (Å²) in [5, 5.41) is 14.9. The summed E-state index contributed by atoms with van der Waals surface area (Å²) in [4.78, 5) is 26.1. The van der Waals surface area contributed by atoms with Gasteiger partial charge in [0.15, 0.2) is 0 Å². The van der Waals surface area contributed by atoms with Crippen LogP contribution in [0.4, 0.5) is 10.1 Å².